The average Bonchev–Trinajstić information content (AvgIpc) is 3.36. The summed E-state index contributed by atoms with van der Waals surface area (Å²) >= 11 is 1.48. The first-order valence-corrected chi connectivity index (χ1v) is 9.39. The van der Waals surface area contributed by atoms with Crippen LogP contribution in [0.1, 0.15) is 23.0 Å². The minimum Gasteiger partial charge on any atom is -0.497 e. The fourth-order valence-corrected chi connectivity index (χ4v) is 3.61. The Bertz CT molecular complexity index is 1010. The zero-order valence-corrected chi connectivity index (χ0v) is 15.6. The number of nitrogens with zero attached hydrogens (tertiary/aromatic N) is 2. The first-order chi connectivity index (χ1) is 13.2. The summed E-state index contributed by atoms with van der Waals surface area (Å²) in [5.74, 6) is 2.02. The van der Waals surface area contributed by atoms with Gasteiger partial charge in [-0.3, -0.25) is 5.73 Å². The molecule has 1 atom stereocenters. The number of nitrogens with one attached hydrogen (secondary N) is 1. The lowest BCUT2D eigenvalue weighted by Crippen LogP contribution is -2.17. The average molecular weight is 379 g/mol. The minimum absolute atomic E-state index is 0.0330. The number of aromatic amines is 1. The molecule has 136 valence electrons. The van der Waals surface area contributed by atoms with E-state index in [0.29, 0.717) is 23.3 Å². The van der Waals surface area contributed by atoms with Crippen LogP contribution in [0.2, 0.25) is 0 Å². The van der Waals surface area contributed by atoms with Crippen molar-refractivity contribution in [3.8, 4) is 17.2 Å². The van der Waals surface area contributed by atoms with Gasteiger partial charge in [0.15, 0.2) is 5.82 Å². The van der Waals surface area contributed by atoms with E-state index in [2.05, 4.69) is 15.1 Å². The summed E-state index contributed by atoms with van der Waals surface area (Å²) in [6, 6.07) is 17.7. The van der Waals surface area contributed by atoms with Crippen LogP contribution in [0.3, 0.4) is 0 Å². The first-order valence-electron chi connectivity index (χ1n) is 8.51. The summed E-state index contributed by atoms with van der Waals surface area (Å²) < 4.78 is 10.7. The van der Waals surface area contributed by atoms with E-state index in [1.807, 2.05) is 60.0 Å². The van der Waals surface area contributed by atoms with E-state index in [-0.39, 0.29) is 5.92 Å². The summed E-state index contributed by atoms with van der Waals surface area (Å²) in [6.07, 6.45) is 0.593. The van der Waals surface area contributed by atoms with Gasteiger partial charge in [0.2, 0.25) is 0 Å². The maximum atomic E-state index is 5.91. The van der Waals surface area contributed by atoms with Crippen LogP contribution in [0.25, 0.3) is 11.5 Å². The predicted octanol–water partition coefficient (Wildman–Crippen LogP) is 3.58. The van der Waals surface area contributed by atoms with Crippen LogP contribution in [0, 0.1) is 0 Å². The summed E-state index contributed by atoms with van der Waals surface area (Å²) in [6.45, 7) is 0. The highest BCUT2D eigenvalue weighted by Crippen LogP contribution is 2.29. The quantitative estimate of drug-likeness (QED) is 0.553. The van der Waals surface area contributed by atoms with Gasteiger partial charge in [0.25, 0.3) is 5.89 Å². The molecule has 3 N–H and O–H groups in total. The highest BCUT2D eigenvalue weighted by molar-refractivity contribution is 7.13. The smallest absolute Gasteiger partial charge is 0.329 e. The highest BCUT2D eigenvalue weighted by Gasteiger charge is 2.23. The second kappa shape index (κ2) is 7.59. The topological polar surface area (TPSA) is 88.3 Å². The van der Waals surface area contributed by atoms with E-state index in [9.17, 15) is 0 Å². The molecule has 0 saturated carbocycles. The van der Waals surface area contributed by atoms with Gasteiger partial charge in [-0.05, 0) is 29.8 Å². The largest absolute Gasteiger partial charge is 0.497 e. The number of ether oxygens (including phenoxy) is 1. The number of aromatic nitrogens is 3. The van der Waals surface area contributed by atoms with E-state index >= 15 is 0 Å². The molecule has 2 aromatic carbocycles. The van der Waals surface area contributed by atoms with Gasteiger partial charge in [-0.15, -0.1) is 0 Å². The van der Waals surface area contributed by atoms with Crippen molar-refractivity contribution in [1.29, 1.82) is 0 Å². The van der Waals surface area contributed by atoms with Crippen LogP contribution in [-0.2, 0) is 6.42 Å². The van der Waals surface area contributed by atoms with Crippen molar-refractivity contribution in [3.05, 3.63) is 77.1 Å². The summed E-state index contributed by atoms with van der Waals surface area (Å²) in [5, 5.41) is 6.87. The SMILES string of the molecule is COc1ccc(C(Cc2noc(-c3ccccc3)n2)c2csc(N)[nH+]2)cc1. The molecule has 0 aliphatic carbocycles. The van der Waals surface area contributed by atoms with E-state index in [1.54, 1.807) is 7.11 Å². The second-order valence-electron chi connectivity index (χ2n) is 6.09. The van der Waals surface area contributed by atoms with Gasteiger partial charge < -0.3 is 9.26 Å². The lowest BCUT2D eigenvalue weighted by Gasteiger charge is -2.12. The summed E-state index contributed by atoms with van der Waals surface area (Å²) in [4.78, 5) is 7.81. The lowest BCUT2D eigenvalue weighted by atomic mass is 9.93. The Hall–Kier alpha value is -3.19. The Labute approximate surface area is 160 Å². The third-order valence-electron chi connectivity index (χ3n) is 4.35. The van der Waals surface area contributed by atoms with Crippen LogP contribution < -0.4 is 15.5 Å². The van der Waals surface area contributed by atoms with Crippen molar-refractivity contribution in [1.82, 2.24) is 10.1 Å². The van der Waals surface area contributed by atoms with E-state index in [1.165, 1.54) is 11.3 Å². The third kappa shape index (κ3) is 3.83. The summed E-state index contributed by atoms with van der Waals surface area (Å²) in [5.41, 5.74) is 8.96. The van der Waals surface area contributed by atoms with Crippen molar-refractivity contribution in [2.45, 2.75) is 12.3 Å². The molecule has 0 aliphatic rings. The molecule has 0 spiro atoms. The number of rotatable bonds is 6. The second-order valence-corrected chi connectivity index (χ2v) is 7.00. The first kappa shape index (κ1) is 17.2. The lowest BCUT2D eigenvalue weighted by molar-refractivity contribution is -0.368. The molecule has 27 heavy (non-hydrogen) atoms. The van der Waals surface area contributed by atoms with Gasteiger partial charge in [0.05, 0.1) is 13.0 Å². The van der Waals surface area contributed by atoms with Crippen LogP contribution in [0.5, 0.6) is 5.75 Å². The van der Waals surface area contributed by atoms with Crippen molar-refractivity contribution in [2.75, 3.05) is 12.8 Å². The molecule has 1 unspecified atom stereocenters. The zero-order valence-electron chi connectivity index (χ0n) is 14.8. The molecule has 2 heterocycles. The molecule has 4 rings (SSSR count). The molecule has 4 aromatic rings. The molecule has 2 aromatic heterocycles. The van der Waals surface area contributed by atoms with E-state index < -0.39 is 0 Å². The minimum atomic E-state index is 0.0330. The Morgan fingerprint density at radius 1 is 1.15 bits per heavy atom. The number of H-pyrrole nitrogens is 1. The van der Waals surface area contributed by atoms with Crippen LogP contribution in [0.4, 0.5) is 5.13 Å². The Morgan fingerprint density at radius 3 is 2.59 bits per heavy atom. The van der Waals surface area contributed by atoms with Gasteiger partial charge in [-0.2, -0.15) is 4.98 Å². The number of benzene rings is 2. The molecule has 7 heteroatoms. The normalized spacial score (nSPS) is 12.0. The van der Waals surface area contributed by atoms with Gasteiger partial charge in [0, 0.05) is 17.4 Å². The number of hydrogen-bond donors (Lipinski definition) is 1. The fraction of sp³-hybridized carbons (Fsp3) is 0.150. The fourth-order valence-electron chi connectivity index (χ4n) is 2.96. The maximum absolute atomic E-state index is 5.91. The molecule has 0 amide bonds. The highest BCUT2D eigenvalue weighted by atomic mass is 32.1. The van der Waals surface area contributed by atoms with Crippen LogP contribution >= 0.6 is 11.3 Å². The van der Waals surface area contributed by atoms with Crippen molar-refractivity contribution >= 4 is 16.5 Å². The number of nitrogens with two attached hydrogens (primary N) is 1. The number of nitrogen functional groups attached to an aromatic ring is 1. The molecule has 0 aliphatic heterocycles. The van der Waals surface area contributed by atoms with Crippen molar-refractivity contribution in [3.63, 3.8) is 0 Å². The predicted molar refractivity (Wildman–Crippen MR) is 104 cm³/mol. The molecular formula is C20H19N4O2S+. The van der Waals surface area contributed by atoms with Gasteiger partial charge >= 0.3 is 5.13 Å². The molecule has 0 radical (unpaired) electrons. The molecule has 0 saturated heterocycles. The number of anilines is 1. The van der Waals surface area contributed by atoms with Crippen LogP contribution in [0.15, 0.2) is 64.5 Å². The zero-order chi connectivity index (χ0) is 18.6. The van der Waals surface area contributed by atoms with E-state index in [0.717, 1.165) is 22.6 Å². The molecular weight excluding hydrogens is 360 g/mol. The third-order valence-corrected chi connectivity index (χ3v) is 5.08. The maximum Gasteiger partial charge on any atom is 0.329 e. The molecule has 6 nitrogen and oxygen atoms in total. The Kier molecular flexibility index (Phi) is 4.84. The van der Waals surface area contributed by atoms with Gasteiger partial charge in [-0.25, -0.2) is 4.98 Å². The standard InChI is InChI=1S/C20H18N4O2S/c1-25-15-9-7-13(8-10-15)16(17-12-27-20(21)22-17)11-18-23-19(26-24-18)14-5-3-2-4-6-14/h2-10,12,16H,11H2,1H3,(H2,21,22)/p+1. The van der Waals surface area contributed by atoms with Gasteiger partial charge in [-0.1, -0.05) is 46.8 Å². The monoisotopic (exact) mass is 379 g/mol. The van der Waals surface area contributed by atoms with Gasteiger partial charge in [0.1, 0.15) is 11.4 Å². The number of methoxy groups -OCH3 is 1. The number of thiazole rings is 1. The molecule has 0 bridgehead atoms. The Balaban J connectivity index is 1.64. The Morgan fingerprint density at radius 2 is 1.93 bits per heavy atom. The molecule has 0 fully saturated rings. The van der Waals surface area contributed by atoms with E-state index in [4.69, 9.17) is 15.0 Å². The van der Waals surface area contributed by atoms with Crippen molar-refractivity contribution in [2.24, 2.45) is 0 Å². The van der Waals surface area contributed by atoms with Crippen LogP contribution in [-0.4, -0.2) is 17.3 Å². The summed E-state index contributed by atoms with van der Waals surface area (Å²) in [7, 11) is 1.66. The van der Waals surface area contributed by atoms with Crippen molar-refractivity contribution < 1.29 is 14.2 Å². The number of hydrogen-bond acceptors (Lipinski definition) is 6.